The van der Waals surface area contributed by atoms with Gasteiger partial charge in [0.15, 0.2) is 0 Å². The van der Waals surface area contributed by atoms with E-state index in [0.717, 1.165) is 24.9 Å². The molecule has 4 rings (SSSR count). The molecule has 3 fully saturated rings. The lowest BCUT2D eigenvalue weighted by Crippen LogP contribution is -2.61. The Labute approximate surface area is 114 Å². The van der Waals surface area contributed by atoms with E-state index in [0.29, 0.717) is 12.0 Å². The van der Waals surface area contributed by atoms with Crippen LogP contribution < -0.4 is 0 Å². The van der Waals surface area contributed by atoms with Crippen LogP contribution in [0.1, 0.15) is 24.8 Å². The summed E-state index contributed by atoms with van der Waals surface area (Å²) in [6, 6.07) is 10.7. The first-order valence-corrected chi connectivity index (χ1v) is 7.02. The zero-order chi connectivity index (χ0) is 13.5. The Morgan fingerprint density at radius 1 is 1.32 bits per heavy atom. The molecule has 3 nitrogen and oxygen atoms in total. The molecule has 3 atom stereocenters. The minimum Gasteiger partial charge on any atom is -0.468 e. The highest BCUT2D eigenvalue weighted by Gasteiger charge is 2.55. The molecule has 1 aromatic carbocycles. The van der Waals surface area contributed by atoms with Gasteiger partial charge in [-0.25, -0.2) is 0 Å². The summed E-state index contributed by atoms with van der Waals surface area (Å²) in [4.78, 5) is 14.9. The van der Waals surface area contributed by atoms with Crippen molar-refractivity contribution >= 4 is 5.97 Å². The van der Waals surface area contributed by atoms with Crippen molar-refractivity contribution in [2.24, 2.45) is 5.92 Å². The summed E-state index contributed by atoms with van der Waals surface area (Å²) in [7, 11) is 3.68. The third kappa shape index (κ3) is 1.79. The van der Waals surface area contributed by atoms with Crippen LogP contribution in [-0.4, -0.2) is 37.6 Å². The van der Waals surface area contributed by atoms with Crippen molar-refractivity contribution < 1.29 is 9.53 Å². The second-order valence-corrected chi connectivity index (χ2v) is 5.90. The van der Waals surface area contributed by atoms with Gasteiger partial charge in [-0.2, -0.15) is 0 Å². The highest BCUT2D eigenvalue weighted by atomic mass is 16.5. The number of piperidine rings is 2. The maximum Gasteiger partial charge on any atom is 0.316 e. The van der Waals surface area contributed by atoms with E-state index in [4.69, 9.17) is 4.74 Å². The van der Waals surface area contributed by atoms with Crippen LogP contribution in [0.2, 0.25) is 0 Å². The fourth-order valence-electron chi connectivity index (χ4n) is 4.04. The number of carbonyl (C=O) groups is 1. The topological polar surface area (TPSA) is 29.5 Å². The van der Waals surface area contributed by atoms with Crippen molar-refractivity contribution in [1.29, 1.82) is 0 Å². The Hall–Kier alpha value is -1.35. The summed E-state index contributed by atoms with van der Waals surface area (Å²) in [5.41, 5.74) is 0.704. The zero-order valence-corrected chi connectivity index (χ0v) is 11.6. The van der Waals surface area contributed by atoms with E-state index in [1.54, 1.807) is 0 Å². The maximum atomic E-state index is 12.5. The summed E-state index contributed by atoms with van der Waals surface area (Å²) in [6.07, 6.45) is 3.22. The molecule has 102 valence electrons. The predicted octanol–water partition coefficient (Wildman–Crippen LogP) is 2.21. The number of ether oxygens (including phenoxy) is 1. The number of nitrogens with zero attached hydrogens (tertiary/aromatic N) is 1. The largest absolute Gasteiger partial charge is 0.468 e. The van der Waals surface area contributed by atoms with Crippen LogP contribution in [0.15, 0.2) is 30.3 Å². The summed E-state index contributed by atoms with van der Waals surface area (Å²) in [5.74, 6) is 0.318. The lowest BCUT2D eigenvalue weighted by Gasteiger charge is -2.54. The van der Waals surface area contributed by atoms with Gasteiger partial charge in [-0.1, -0.05) is 30.3 Å². The fraction of sp³-hybridized carbons (Fsp3) is 0.562. The summed E-state index contributed by atoms with van der Waals surface area (Å²) in [5, 5.41) is 0. The third-order valence-corrected chi connectivity index (χ3v) is 5.07. The highest BCUT2D eigenvalue weighted by molar-refractivity contribution is 5.84. The van der Waals surface area contributed by atoms with Crippen LogP contribution in [0.3, 0.4) is 0 Å². The molecule has 19 heavy (non-hydrogen) atoms. The molecule has 2 saturated heterocycles. The number of fused-ring (bicyclic) bond motifs is 3. The van der Waals surface area contributed by atoms with Crippen LogP contribution in [0.4, 0.5) is 0 Å². The molecule has 0 unspecified atom stereocenters. The molecule has 2 heterocycles. The van der Waals surface area contributed by atoms with Gasteiger partial charge in [0, 0.05) is 12.6 Å². The van der Waals surface area contributed by atoms with E-state index in [9.17, 15) is 4.79 Å². The van der Waals surface area contributed by atoms with Gasteiger partial charge in [0.1, 0.15) is 0 Å². The van der Waals surface area contributed by atoms with Crippen LogP contribution in [0.5, 0.6) is 0 Å². The van der Waals surface area contributed by atoms with Gasteiger partial charge < -0.3 is 9.64 Å². The van der Waals surface area contributed by atoms with Crippen molar-refractivity contribution in [1.82, 2.24) is 4.90 Å². The van der Waals surface area contributed by atoms with E-state index in [2.05, 4.69) is 24.1 Å². The standard InChI is InChI=1S/C16H21NO2/c1-17-11-13-8-9-14(17)10-16(13,15(18)19-2)12-6-4-3-5-7-12/h3-7,13-14H,8-11H2,1-2H3/t13-,14+,16-/m0/s1. The van der Waals surface area contributed by atoms with Crippen LogP contribution >= 0.6 is 0 Å². The van der Waals surface area contributed by atoms with Crippen LogP contribution in [0.25, 0.3) is 0 Å². The molecular formula is C16H21NO2. The minimum atomic E-state index is -0.425. The van der Waals surface area contributed by atoms with Gasteiger partial charge in [0.05, 0.1) is 12.5 Å². The van der Waals surface area contributed by atoms with Crippen LogP contribution in [-0.2, 0) is 14.9 Å². The van der Waals surface area contributed by atoms with Gasteiger partial charge >= 0.3 is 5.97 Å². The van der Waals surface area contributed by atoms with E-state index >= 15 is 0 Å². The SMILES string of the molecule is COC(=O)[C@]1(c2ccccc2)C[C@H]2CC[C@H]1CN2C. The Kier molecular flexibility index (Phi) is 3.09. The first kappa shape index (κ1) is 12.7. The Bertz CT molecular complexity index is 473. The number of carbonyl (C=O) groups excluding carboxylic acids is 1. The average molecular weight is 259 g/mol. The Balaban J connectivity index is 2.07. The molecule has 0 aromatic heterocycles. The molecule has 1 saturated carbocycles. The second kappa shape index (κ2) is 4.64. The van der Waals surface area contributed by atoms with Crippen LogP contribution in [0, 0.1) is 5.92 Å². The monoisotopic (exact) mass is 259 g/mol. The highest BCUT2D eigenvalue weighted by Crippen LogP contribution is 2.49. The quantitative estimate of drug-likeness (QED) is 0.763. The summed E-state index contributed by atoms with van der Waals surface area (Å²) < 4.78 is 5.18. The number of methoxy groups -OCH3 is 1. The molecule has 1 aliphatic carbocycles. The smallest absolute Gasteiger partial charge is 0.316 e. The summed E-state index contributed by atoms with van der Waals surface area (Å²) >= 11 is 0. The van der Waals surface area contributed by atoms with Crippen molar-refractivity contribution in [3.05, 3.63) is 35.9 Å². The molecule has 0 radical (unpaired) electrons. The molecule has 2 bridgehead atoms. The molecule has 1 aromatic rings. The molecule has 0 amide bonds. The van der Waals surface area contributed by atoms with E-state index < -0.39 is 5.41 Å². The Morgan fingerprint density at radius 3 is 2.58 bits per heavy atom. The van der Waals surface area contributed by atoms with E-state index in [-0.39, 0.29) is 5.97 Å². The molecule has 3 aliphatic rings. The maximum absolute atomic E-state index is 12.5. The third-order valence-electron chi connectivity index (χ3n) is 5.07. The normalized spacial score (nSPS) is 34.2. The van der Waals surface area contributed by atoms with E-state index in [1.165, 1.54) is 13.5 Å². The number of rotatable bonds is 2. The van der Waals surface area contributed by atoms with Crippen molar-refractivity contribution in [3.63, 3.8) is 0 Å². The van der Waals surface area contributed by atoms with Crippen molar-refractivity contribution in [2.45, 2.75) is 30.7 Å². The number of benzene rings is 1. The zero-order valence-electron chi connectivity index (χ0n) is 11.6. The first-order chi connectivity index (χ1) is 9.18. The van der Waals surface area contributed by atoms with Gasteiger partial charge in [-0.05, 0) is 37.8 Å². The van der Waals surface area contributed by atoms with Gasteiger partial charge in [0.2, 0.25) is 0 Å². The van der Waals surface area contributed by atoms with Crippen molar-refractivity contribution in [2.75, 3.05) is 20.7 Å². The number of hydrogen-bond acceptors (Lipinski definition) is 3. The van der Waals surface area contributed by atoms with E-state index in [1.807, 2.05) is 18.2 Å². The first-order valence-electron chi connectivity index (χ1n) is 7.02. The van der Waals surface area contributed by atoms with Gasteiger partial charge in [-0.15, -0.1) is 0 Å². The minimum absolute atomic E-state index is 0.0542. The number of hydrogen-bond donors (Lipinski definition) is 0. The Morgan fingerprint density at radius 2 is 2.05 bits per heavy atom. The lowest BCUT2D eigenvalue weighted by molar-refractivity contribution is -0.157. The molecule has 2 aliphatic heterocycles. The molecule has 0 N–H and O–H groups in total. The molecule has 0 spiro atoms. The van der Waals surface area contributed by atoms with Gasteiger partial charge in [-0.3, -0.25) is 4.79 Å². The predicted molar refractivity (Wildman–Crippen MR) is 73.9 cm³/mol. The average Bonchev–Trinajstić information content (AvgIpc) is 2.47. The summed E-state index contributed by atoms with van der Waals surface area (Å²) in [6.45, 7) is 0.995. The van der Waals surface area contributed by atoms with Gasteiger partial charge in [0.25, 0.3) is 0 Å². The lowest BCUT2D eigenvalue weighted by atomic mass is 9.58. The second-order valence-electron chi connectivity index (χ2n) is 5.90. The molecular weight excluding hydrogens is 238 g/mol. The number of esters is 1. The van der Waals surface area contributed by atoms with Crippen molar-refractivity contribution in [3.8, 4) is 0 Å². The fourth-order valence-corrected chi connectivity index (χ4v) is 4.04. The molecule has 3 heteroatoms.